The lowest BCUT2D eigenvalue weighted by atomic mass is 10.0. The Kier molecular flexibility index (Phi) is 1.95. The van der Waals surface area contributed by atoms with Crippen molar-refractivity contribution in [1.29, 1.82) is 0 Å². The summed E-state index contributed by atoms with van der Waals surface area (Å²) < 4.78 is 0. The van der Waals surface area contributed by atoms with Gasteiger partial charge in [0.2, 0.25) is 0 Å². The van der Waals surface area contributed by atoms with E-state index >= 15 is 0 Å². The molecule has 2 rings (SSSR count). The van der Waals surface area contributed by atoms with Gasteiger partial charge < -0.3 is 11.1 Å². The van der Waals surface area contributed by atoms with E-state index in [1.165, 1.54) is 11.3 Å². The first kappa shape index (κ1) is 7.90. The number of benzene rings is 1. The van der Waals surface area contributed by atoms with Crippen LogP contribution in [0.1, 0.15) is 5.56 Å². The summed E-state index contributed by atoms with van der Waals surface area (Å²) in [5.74, 6) is 0. The summed E-state index contributed by atoms with van der Waals surface area (Å²) in [6, 6.07) is 6.09. The van der Waals surface area contributed by atoms with Gasteiger partial charge in [0, 0.05) is 23.3 Å². The highest BCUT2D eigenvalue weighted by molar-refractivity contribution is 6.30. The second kappa shape index (κ2) is 2.96. The second-order valence-electron chi connectivity index (χ2n) is 3.15. The van der Waals surface area contributed by atoms with Gasteiger partial charge in [0.1, 0.15) is 0 Å². The van der Waals surface area contributed by atoms with Gasteiger partial charge in [0.25, 0.3) is 0 Å². The van der Waals surface area contributed by atoms with E-state index in [0.717, 1.165) is 18.0 Å². The van der Waals surface area contributed by atoms with E-state index in [4.69, 9.17) is 17.3 Å². The smallest absolute Gasteiger partial charge is 0.0410 e. The minimum absolute atomic E-state index is 0.218. The largest absolute Gasteiger partial charge is 0.383 e. The maximum absolute atomic E-state index is 5.86. The number of anilines is 1. The number of nitrogens with two attached hydrogens (primary N) is 1. The number of fused-ring (bicyclic) bond motifs is 1. The monoisotopic (exact) mass is 182 g/mol. The average Bonchev–Trinajstić information content (AvgIpc) is 2.03. The van der Waals surface area contributed by atoms with E-state index in [-0.39, 0.29) is 6.04 Å². The van der Waals surface area contributed by atoms with Crippen LogP contribution in [0.5, 0.6) is 0 Å². The predicted octanol–water partition coefficient (Wildman–Crippen LogP) is 1.64. The summed E-state index contributed by atoms with van der Waals surface area (Å²) in [6.45, 7) is 0.856. The third-order valence-corrected chi connectivity index (χ3v) is 2.34. The Bertz CT molecular complexity index is 299. The van der Waals surface area contributed by atoms with Crippen LogP contribution in [0.2, 0.25) is 5.02 Å². The molecular formula is C9H11ClN2. The van der Waals surface area contributed by atoms with E-state index in [1.807, 2.05) is 18.2 Å². The van der Waals surface area contributed by atoms with Gasteiger partial charge in [-0.1, -0.05) is 11.6 Å². The van der Waals surface area contributed by atoms with E-state index in [1.54, 1.807) is 0 Å². The molecule has 1 aromatic rings. The van der Waals surface area contributed by atoms with Crippen LogP contribution in [0.4, 0.5) is 5.69 Å². The fourth-order valence-electron chi connectivity index (χ4n) is 1.50. The van der Waals surface area contributed by atoms with Gasteiger partial charge in [-0.05, 0) is 30.2 Å². The van der Waals surface area contributed by atoms with Gasteiger partial charge in [0.15, 0.2) is 0 Å². The Morgan fingerprint density at radius 2 is 2.33 bits per heavy atom. The second-order valence-corrected chi connectivity index (χ2v) is 3.58. The van der Waals surface area contributed by atoms with Crippen LogP contribution in [-0.4, -0.2) is 12.6 Å². The van der Waals surface area contributed by atoms with E-state index in [9.17, 15) is 0 Å². The summed E-state index contributed by atoms with van der Waals surface area (Å²) in [6.07, 6.45) is 0.920. The molecule has 0 saturated carbocycles. The molecule has 0 bridgehead atoms. The molecule has 0 aromatic heterocycles. The lowest BCUT2D eigenvalue weighted by Gasteiger charge is -2.23. The minimum Gasteiger partial charge on any atom is -0.383 e. The zero-order valence-electron chi connectivity index (χ0n) is 6.68. The van der Waals surface area contributed by atoms with Crippen molar-refractivity contribution in [3.63, 3.8) is 0 Å². The van der Waals surface area contributed by atoms with E-state index in [2.05, 4.69) is 5.32 Å². The molecule has 1 atom stereocenters. The van der Waals surface area contributed by atoms with Gasteiger partial charge in [-0.25, -0.2) is 0 Å². The van der Waals surface area contributed by atoms with Crippen LogP contribution in [0.3, 0.4) is 0 Å². The normalized spacial score (nSPS) is 21.3. The summed E-state index contributed by atoms with van der Waals surface area (Å²) in [5.41, 5.74) is 8.19. The number of halogens is 1. The molecule has 1 aliphatic rings. The Balaban J connectivity index is 2.37. The molecule has 0 amide bonds. The molecule has 12 heavy (non-hydrogen) atoms. The van der Waals surface area contributed by atoms with Crippen LogP contribution in [0.25, 0.3) is 0 Å². The number of hydrogen-bond donors (Lipinski definition) is 2. The highest BCUT2D eigenvalue weighted by Crippen LogP contribution is 2.24. The molecule has 0 saturated heterocycles. The summed E-state index contributed by atoms with van der Waals surface area (Å²) in [5, 5.41) is 4.04. The van der Waals surface area contributed by atoms with Crippen molar-refractivity contribution in [1.82, 2.24) is 0 Å². The average molecular weight is 183 g/mol. The summed E-state index contributed by atoms with van der Waals surface area (Å²) >= 11 is 5.86. The standard InChI is InChI=1S/C9H11ClN2/c10-7-1-2-9-6(3-7)4-8(11)5-12-9/h1-3,8,12H,4-5,11H2/t8-/m1/s1. The van der Waals surface area contributed by atoms with Crippen LogP contribution < -0.4 is 11.1 Å². The van der Waals surface area contributed by atoms with Crippen molar-refractivity contribution in [2.45, 2.75) is 12.5 Å². The number of hydrogen-bond acceptors (Lipinski definition) is 2. The minimum atomic E-state index is 0.218. The zero-order valence-corrected chi connectivity index (χ0v) is 7.43. The Morgan fingerprint density at radius 3 is 3.17 bits per heavy atom. The molecule has 64 valence electrons. The van der Waals surface area contributed by atoms with Gasteiger partial charge in [-0.3, -0.25) is 0 Å². The van der Waals surface area contributed by atoms with Crippen LogP contribution in [-0.2, 0) is 6.42 Å². The third-order valence-electron chi connectivity index (χ3n) is 2.10. The fraction of sp³-hybridized carbons (Fsp3) is 0.333. The van der Waals surface area contributed by atoms with Crippen LogP contribution in [0, 0.1) is 0 Å². The maximum atomic E-state index is 5.86. The maximum Gasteiger partial charge on any atom is 0.0410 e. The van der Waals surface area contributed by atoms with Crippen molar-refractivity contribution >= 4 is 17.3 Å². The predicted molar refractivity (Wildman–Crippen MR) is 51.6 cm³/mol. The summed E-state index contributed by atoms with van der Waals surface area (Å²) in [4.78, 5) is 0. The van der Waals surface area contributed by atoms with Crippen molar-refractivity contribution < 1.29 is 0 Å². The van der Waals surface area contributed by atoms with Gasteiger partial charge in [-0.2, -0.15) is 0 Å². The Hall–Kier alpha value is -0.730. The van der Waals surface area contributed by atoms with E-state index in [0.29, 0.717) is 0 Å². The zero-order chi connectivity index (χ0) is 8.55. The number of nitrogens with one attached hydrogen (secondary N) is 1. The molecule has 2 nitrogen and oxygen atoms in total. The summed E-state index contributed by atoms with van der Waals surface area (Å²) in [7, 11) is 0. The van der Waals surface area contributed by atoms with Gasteiger partial charge >= 0.3 is 0 Å². The highest BCUT2D eigenvalue weighted by Gasteiger charge is 2.14. The van der Waals surface area contributed by atoms with Crippen molar-refractivity contribution in [2.75, 3.05) is 11.9 Å². The Morgan fingerprint density at radius 1 is 1.50 bits per heavy atom. The molecule has 0 spiro atoms. The molecule has 0 unspecified atom stereocenters. The SMILES string of the molecule is N[C@H]1CNc2ccc(Cl)cc2C1. The first-order valence-corrected chi connectivity index (χ1v) is 4.41. The van der Waals surface area contributed by atoms with Crippen molar-refractivity contribution in [2.24, 2.45) is 5.73 Å². The Labute approximate surface area is 76.7 Å². The van der Waals surface area contributed by atoms with Crippen LogP contribution >= 0.6 is 11.6 Å². The first-order chi connectivity index (χ1) is 5.75. The van der Waals surface area contributed by atoms with Crippen LogP contribution in [0.15, 0.2) is 18.2 Å². The molecule has 3 N–H and O–H groups in total. The van der Waals surface area contributed by atoms with Gasteiger partial charge in [0.05, 0.1) is 0 Å². The lowest BCUT2D eigenvalue weighted by molar-refractivity contribution is 0.679. The molecular weight excluding hydrogens is 172 g/mol. The molecule has 3 heteroatoms. The molecule has 1 aliphatic heterocycles. The fourth-order valence-corrected chi connectivity index (χ4v) is 1.69. The molecule has 0 fully saturated rings. The molecule has 0 aliphatic carbocycles. The third kappa shape index (κ3) is 1.40. The topological polar surface area (TPSA) is 38.0 Å². The first-order valence-electron chi connectivity index (χ1n) is 4.03. The van der Waals surface area contributed by atoms with E-state index < -0.39 is 0 Å². The quantitative estimate of drug-likeness (QED) is 0.640. The highest BCUT2D eigenvalue weighted by atomic mass is 35.5. The molecule has 0 radical (unpaired) electrons. The molecule has 1 heterocycles. The molecule has 1 aromatic carbocycles. The van der Waals surface area contributed by atoms with Gasteiger partial charge in [-0.15, -0.1) is 0 Å². The van der Waals surface area contributed by atoms with Crippen molar-refractivity contribution in [3.8, 4) is 0 Å². The lowest BCUT2D eigenvalue weighted by Crippen LogP contribution is -2.35. The van der Waals surface area contributed by atoms with Crippen molar-refractivity contribution in [3.05, 3.63) is 28.8 Å². The number of rotatable bonds is 0.